The van der Waals surface area contributed by atoms with E-state index < -0.39 is 0 Å². The predicted molar refractivity (Wildman–Crippen MR) is 124 cm³/mol. The van der Waals surface area contributed by atoms with Gasteiger partial charge in [0.1, 0.15) is 11.8 Å². The van der Waals surface area contributed by atoms with Gasteiger partial charge in [0.05, 0.1) is 53.3 Å². The van der Waals surface area contributed by atoms with Crippen molar-refractivity contribution in [2.45, 2.75) is 26.2 Å². The molecule has 1 aromatic heterocycles. The molecule has 0 spiro atoms. The van der Waals surface area contributed by atoms with E-state index in [2.05, 4.69) is 23.3 Å². The van der Waals surface area contributed by atoms with E-state index in [0.29, 0.717) is 61.7 Å². The Morgan fingerprint density at radius 2 is 1.77 bits per heavy atom. The summed E-state index contributed by atoms with van der Waals surface area (Å²) in [7, 11) is 3.10. The van der Waals surface area contributed by atoms with Crippen molar-refractivity contribution >= 4 is 45.5 Å². The highest BCUT2D eigenvalue weighted by Crippen LogP contribution is 2.40. The number of aromatic nitrogens is 1. The molecule has 0 aliphatic carbocycles. The summed E-state index contributed by atoms with van der Waals surface area (Å²) in [5, 5.41) is 14.4. The van der Waals surface area contributed by atoms with Crippen LogP contribution < -0.4 is 19.5 Å². The van der Waals surface area contributed by atoms with Crippen molar-refractivity contribution in [3.8, 4) is 23.3 Å². The van der Waals surface area contributed by atoms with Gasteiger partial charge in [0.2, 0.25) is 0 Å². The number of pyridine rings is 1. The first-order chi connectivity index (χ1) is 15.0. The van der Waals surface area contributed by atoms with E-state index in [9.17, 15) is 5.26 Å². The van der Waals surface area contributed by atoms with Crippen molar-refractivity contribution in [2.75, 3.05) is 26.1 Å². The van der Waals surface area contributed by atoms with Crippen LogP contribution in [0, 0.1) is 11.3 Å². The molecule has 6 nitrogen and oxygen atoms in total. The molecule has 0 atom stereocenters. The molecule has 1 heterocycles. The van der Waals surface area contributed by atoms with E-state index in [1.54, 1.807) is 19.2 Å². The van der Waals surface area contributed by atoms with Gasteiger partial charge >= 0.3 is 0 Å². The molecule has 3 rings (SSSR count). The first-order valence-electron chi connectivity index (χ1n) is 9.86. The number of unbranched alkanes of at least 4 members (excludes halogenated alkanes) is 2. The predicted octanol–water partition coefficient (Wildman–Crippen LogP) is 6.74. The maximum absolute atomic E-state index is 9.65. The first kappa shape index (κ1) is 22.8. The highest BCUT2D eigenvalue weighted by Gasteiger charge is 2.16. The van der Waals surface area contributed by atoms with Crippen molar-refractivity contribution in [1.29, 1.82) is 5.26 Å². The SMILES string of the molecule is CCCCCOc1cc2ncc(C#N)c(Nc3cc(OC)c(Cl)cc3Cl)c2cc1OC. The number of fused-ring (bicyclic) bond motifs is 1. The van der Waals surface area contributed by atoms with Gasteiger partial charge < -0.3 is 19.5 Å². The summed E-state index contributed by atoms with van der Waals surface area (Å²) in [6.45, 7) is 2.74. The summed E-state index contributed by atoms with van der Waals surface area (Å²) in [5.41, 5.74) is 2.11. The molecule has 0 saturated carbocycles. The van der Waals surface area contributed by atoms with Crippen LogP contribution in [0.25, 0.3) is 10.9 Å². The van der Waals surface area contributed by atoms with Crippen LogP contribution >= 0.6 is 23.2 Å². The Bertz CT molecular complexity index is 1130. The Morgan fingerprint density at radius 3 is 2.45 bits per heavy atom. The van der Waals surface area contributed by atoms with Gasteiger partial charge in [-0.15, -0.1) is 0 Å². The molecule has 162 valence electrons. The van der Waals surface area contributed by atoms with Crippen LogP contribution in [0.15, 0.2) is 30.5 Å². The Kier molecular flexibility index (Phi) is 7.67. The van der Waals surface area contributed by atoms with Crippen molar-refractivity contribution in [1.82, 2.24) is 4.98 Å². The Balaban J connectivity index is 2.07. The third kappa shape index (κ3) is 5.07. The standard InChI is InChI=1S/C23H23Cl2N3O3/c1-4-5-6-7-31-22-10-18-15(8-21(22)30-3)23(14(12-26)13-27-18)28-19-11-20(29-2)17(25)9-16(19)24/h8-11,13H,4-7H2,1-3H3,(H,27,28). The van der Waals surface area contributed by atoms with Gasteiger partial charge in [0.25, 0.3) is 0 Å². The van der Waals surface area contributed by atoms with Gasteiger partial charge in [-0.25, -0.2) is 0 Å². The lowest BCUT2D eigenvalue weighted by atomic mass is 10.1. The summed E-state index contributed by atoms with van der Waals surface area (Å²) in [5.74, 6) is 1.63. The van der Waals surface area contributed by atoms with E-state index in [4.69, 9.17) is 37.4 Å². The lowest BCUT2D eigenvalue weighted by Crippen LogP contribution is -2.02. The van der Waals surface area contributed by atoms with Crippen LogP contribution in [-0.2, 0) is 0 Å². The second-order valence-electron chi connectivity index (χ2n) is 6.83. The fourth-order valence-corrected chi connectivity index (χ4v) is 3.65. The molecule has 0 saturated heterocycles. The fourth-order valence-electron chi connectivity index (χ4n) is 3.14. The third-order valence-electron chi connectivity index (χ3n) is 4.78. The van der Waals surface area contributed by atoms with Crippen LogP contribution in [0.2, 0.25) is 10.0 Å². The van der Waals surface area contributed by atoms with Gasteiger partial charge in [-0.2, -0.15) is 5.26 Å². The number of rotatable bonds is 9. The Hall–Kier alpha value is -2.88. The number of benzene rings is 2. The summed E-state index contributed by atoms with van der Waals surface area (Å²) < 4.78 is 16.7. The quantitative estimate of drug-likeness (QED) is 0.356. The number of methoxy groups -OCH3 is 2. The fraction of sp³-hybridized carbons (Fsp3) is 0.304. The number of nitrogens with one attached hydrogen (secondary N) is 1. The second-order valence-corrected chi connectivity index (χ2v) is 7.64. The molecular formula is C23H23Cl2N3O3. The number of hydrogen-bond acceptors (Lipinski definition) is 6. The van der Waals surface area contributed by atoms with Crippen molar-refractivity contribution in [2.24, 2.45) is 0 Å². The van der Waals surface area contributed by atoms with E-state index in [0.717, 1.165) is 19.3 Å². The topological polar surface area (TPSA) is 76.4 Å². The first-order valence-corrected chi connectivity index (χ1v) is 10.6. The average Bonchev–Trinajstić information content (AvgIpc) is 2.78. The molecule has 0 aliphatic heterocycles. The zero-order chi connectivity index (χ0) is 22.4. The molecule has 0 fully saturated rings. The number of nitrogens with zero attached hydrogens (tertiary/aromatic N) is 2. The summed E-state index contributed by atoms with van der Waals surface area (Å²) >= 11 is 12.5. The van der Waals surface area contributed by atoms with Crippen molar-refractivity contribution < 1.29 is 14.2 Å². The largest absolute Gasteiger partial charge is 0.495 e. The number of hydrogen-bond donors (Lipinski definition) is 1. The maximum Gasteiger partial charge on any atom is 0.163 e. The molecule has 1 N–H and O–H groups in total. The monoisotopic (exact) mass is 459 g/mol. The molecule has 0 aliphatic rings. The molecule has 31 heavy (non-hydrogen) atoms. The van der Waals surface area contributed by atoms with E-state index in [1.807, 2.05) is 12.1 Å². The Morgan fingerprint density at radius 1 is 1.00 bits per heavy atom. The van der Waals surface area contributed by atoms with Crippen LogP contribution in [0.4, 0.5) is 11.4 Å². The van der Waals surface area contributed by atoms with Gasteiger partial charge in [0, 0.05) is 23.7 Å². The molecule has 0 radical (unpaired) electrons. The van der Waals surface area contributed by atoms with E-state index in [1.165, 1.54) is 13.3 Å². The summed E-state index contributed by atoms with van der Waals surface area (Å²) in [6.07, 6.45) is 4.68. The van der Waals surface area contributed by atoms with E-state index in [-0.39, 0.29) is 0 Å². The second kappa shape index (κ2) is 10.4. The summed E-state index contributed by atoms with van der Waals surface area (Å²) in [6, 6.07) is 9.06. The van der Waals surface area contributed by atoms with Crippen molar-refractivity contribution in [3.05, 3.63) is 46.1 Å². The molecule has 8 heteroatoms. The zero-order valence-electron chi connectivity index (χ0n) is 17.6. The molecule has 3 aromatic rings. The highest BCUT2D eigenvalue weighted by molar-refractivity contribution is 6.37. The van der Waals surface area contributed by atoms with Gasteiger partial charge in [0.15, 0.2) is 11.5 Å². The number of halogens is 2. The van der Waals surface area contributed by atoms with Crippen LogP contribution in [0.5, 0.6) is 17.2 Å². The minimum absolute atomic E-state index is 0.358. The van der Waals surface area contributed by atoms with Gasteiger partial charge in [-0.3, -0.25) is 4.98 Å². The normalized spacial score (nSPS) is 10.6. The smallest absolute Gasteiger partial charge is 0.163 e. The molecule has 0 amide bonds. The van der Waals surface area contributed by atoms with E-state index >= 15 is 0 Å². The molecular weight excluding hydrogens is 437 g/mol. The number of nitriles is 1. The Labute approximate surface area is 191 Å². The molecule has 0 unspecified atom stereocenters. The van der Waals surface area contributed by atoms with Crippen LogP contribution in [-0.4, -0.2) is 25.8 Å². The van der Waals surface area contributed by atoms with Gasteiger partial charge in [-0.05, 0) is 18.6 Å². The van der Waals surface area contributed by atoms with Gasteiger partial charge in [-0.1, -0.05) is 43.0 Å². The lowest BCUT2D eigenvalue weighted by Gasteiger charge is -2.16. The molecule has 0 bridgehead atoms. The molecule has 2 aromatic carbocycles. The minimum atomic E-state index is 0.358. The summed E-state index contributed by atoms with van der Waals surface area (Å²) in [4.78, 5) is 4.43. The van der Waals surface area contributed by atoms with Crippen LogP contribution in [0.3, 0.4) is 0 Å². The number of anilines is 2. The minimum Gasteiger partial charge on any atom is -0.495 e. The third-order valence-corrected chi connectivity index (χ3v) is 5.39. The zero-order valence-corrected chi connectivity index (χ0v) is 19.1. The maximum atomic E-state index is 9.65. The average molecular weight is 460 g/mol. The lowest BCUT2D eigenvalue weighted by molar-refractivity contribution is 0.286. The number of ether oxygens (including phenoxy) is 3. The van der Waals surface area contributed by atoms with Crippen molar-refractivity contribution in [3.63, 3.8) is 0 Å². The van der Waals surface area contributed by atoms with Crippen LogP contribution in [0.1, 0.15) is 31.7 Å². The highest BCUT2D eigenvalue weighted by atomic mass is 35.5.